The van der Waals surface area contributed by atoms with Crippen LogP contribution >= 0.6 is 0 Å². The quantitative estimate of drug-likeness (QED) is 0.916. The van der Waals surface area contributed by atoms with Gasteiger partial charge in [-0.1, -0.05) is 19.0 Å². The Bertz CT molecular complexity index is 677. The highest BCUT2D eigenvalue weighted by Gasteiger charge is 2.23. The van der Waals surface area contributed by atoms with Crippen LogP contribution in [0.3, 0.4) is 0 Å². The molecule has 1 aromatic carbocycles. The summed E-state index contributed by atoms with van der Waals surface area (Å²) >= 11 is 0. The van der Waals surface area contributed by atoms with Gasteiger partial charge in [0, 0.05) is 12.0 Å². The number of nitrogens with one attached hydrogen (secondary N) is 1. The van der Waals surface area contributed by atoms with Crippen molar-refractivity contribution in [1.29, 1.82) is 0 Å². The molecule has 6 heteroatoms. The number of benzene rings is 1. The number of amides is 1. The zero-order valence-electron chi connectivity index (χ0n) is 13.4. The van der Waals surface area contributed by atoms with E-state index in [1.54, 1.807) is 32.2 Å². The Kier molecular flexibility index (Phi) is 4.70. The Balaban J connectivity index is 2.32. The van der Waals surface area contributed by atoms with E-state index in [2.05, 4.69) is 10.5 Å². The van der Waals surface area contributed by atoms with Crippen LogP contribution in [-0.4, -0.2) is 25.3 Å². The van der Waals surface area contributed by atoms with E-state index in [1.165, 1.54) is 7.11 Å². The first-order valence-corrected chi connectivity index (χ1v) is 6.97. The van der Waals surface area contributed by atoms with E-state index in [4.69, 9.17) is 14.0 Å². The molecule has 1 heterocycles. The number of methoxy groups -OCH3 is 2. The molecule has 0 bridgehead atoms. The number of carbonyl (C=O) groups is 1. The lowest BCUT2D eigenvalue weighted by Crippen LogP contribution is -2.15. The number of hydrogen-bond acceptors (Lipinski definition) is 5. The van der Waals surface area contributed by atoms with Crippen LogP contribution in [0, 0.1) is 6.92 Å². The van der Waals surface area contributed by atoms with Gasteiger partial charge in [0.05, 0.1) is 25.6 Å². The van der Waals surface area contributed by atoms with E-state index in [0.717, 1.165) is 0 Å². The van der Waals surface area contributed by atoms with Crippen LogP contribution in [0.25, 0.3) is 0 Å². The first-order valence-electron chi connectivity index (χ1n) is 6.97. The van der Waals surface area contributed by atoms with Gasteiger partial charge in [0.1, 0.15) is 17.1 Å². The number of ether oxygens (including phenoxy) is 2. The highest BCUT2D eigenvalue weighted by Crippen LogP contribution is 2.30. The van der Waals surface area contributed by atoms with Crippen molar-refractivity contribution in [2.45, 2.75) is 26.7 Å². The third kappa shape index (κ3) is 3.05. The van der Waals surface area contributed by atoms with Gasteiger partial charge in [-0.25, -0.2) is 0 Å². The number of carbonyl (C=O) groups excluding carboxylic acids is 1. The number of aryl methyl sites for hydroxylation is 1. The van der Waals surface area contributed by atoms with Gasteiger partial charge in [0.2, 0.25) is 0 Å². The lowest BCUT2D eigenvalue weighted by Gasteiger charge is -2.12. The lowest BCUT2D eigenvalue weighted by molar-refractivity contribution is 0.102. The summed E-state index contributed by atoms with van der Waals surface area (Å²) in [5.74, 6) is 1.54. The molecule has 1 amide bonds. The summed E-state index contributed by atoms with van der Waals surface area (Å²) in [6.45, 7) is 5.64. The Labute approximate surface area is 129 Å². The van der Waals surface area contributed by atoms with Crippen LogP contribution < -0.4 is 14.8 Å². The summed E-state index contributed by atoms with van der Waals surface area (Å²) in [6.07, 6.45) is 0. The molecule has 0 saturated carbocycles. The van der Waals surface area contributed by atoms with Crippen molar-refractivity contribution in [3.05, 3.63) is 35.2 Å². The minimum Gasteiger partial charge on any atom is -0.497 e. The summed E-state index contributed by atoms with van der Waals surface area (Å²) in [5.41, 5.74) is 1.59. The Morgan fingerprint density at radius 3 is 2.59 bits per heavy atom. The Morgan fingerprint density at radius 2 is 2.00 bits per heavy atom. The molecule has 0 radical (unpaired) electrons. The fourth-order valence-electron chi connectivity index (χ4n) is 2.14. The molecular weight excluding hydrogens is 284 g/mol. The van der Waals surface area contributed by atoms with E-state index in [1.807, 2.05) is 13.8 Å². The SMILES string of the molecule is COc1ccc(NC(=O)c2c(C)noc2C(C)C)c(OC)c1. The van der Waals surface area contributed by atoms with Gasteiger partial charge in [0.15, 0.2) is 5.76 Å². The second-order valence-corrected chi connectivity index (χ2v) is 5.18. The monoisotopic (exact) mass is 304 g/mol. The van der Waals surface area contributed by atoms with Gasteiger partial charge in [-0.2, -0.15) is 0 Å². The molecule has 6 nitrogen and oxygen atoms in total. The second-order valence-electron chi connectivity index (χ2n) is 5.18. The third-order valence-electron chi connectivity index (χ3n) is 3.30. The third-order valence-corrected chi connectivity index (χ3v) is 3.30. The number of nitrogens with zero attached hydrogens (tertiary/aromatic N) is 1. The topological polar surface area (TPSA) is 73.6 Å². The molecule has 0 atom stereocenters. The molecule has 0 fully saturated rings. The molecule has 2 aromatic rings. The smallest absolute Gasteiger partial charge is 0.261 e. The maximum atomic E-state index is 12.5. The molecule has 1 N–H and O–H groups in total. The largest absolute Gasteiger partial charge is 0.497 e. The molecule has 0 aliphatic heterocycles. The van der Waals surface area contributed by atoms with E-state index in [0.29, 0.717) is 34.2 Å². The van der Waals surface area contributed by atoms with Crippen LogP contribution in [0.4, 0.5) is 5.69 Å². The van der Waals surface area contributed by atoms with Gasteiger partial charge in [-0.3, -0.25) is 4.79 Å². The molecular formula is C16H20N2O4. The first kappa shape index (κ1) is 15.9. The second kappa shape index (κ2) is 6.51. The van der Waals surface area contributed by atoms with Crippen molar-refractivity contribution in [2.24, 2.45) is 0 Å². The van der Waals surface area contributed by atoms with Crippen LogP contribution in [-0.2, 0) is 0 Å². The van der Waals surface area contributed by atoms with Gasteiger partial charge in [0.25, 0.3) is 5.91 Å². The molecule has 1 aromatic heterocycles. The normalized spacial score (nSPS) is 10.6. The molecule has 0 unspecified atom stereocenters. The maximum Gasteiger partial charge on any atom is 0.261 e. The average molecular weight is 304 g/mol. The summed E-state index contributed by atoms with van der Waals surface area (Å²) in [6, 6.07) is 5.19. The van der Waals surface area contributed by atoms with E-state index < -0.39 is 0 Å². The average Bonchev–Trinajstić information content (AvgIpc) is 2.89. The maximum absolute atomic E-state index is 12.5. The number of hydrogen-bond donors (Lipinski definition) is 1. The van der Waals surface area contributed by atoms with Crippen molar-refractivity contribution >= 4 is 11.6 Å². The summed E-state index contributed by atoms with van der Waals surface area (Å²) in [4.78, 5) is 12.5. The van der Waals surface area contributed by atoms with Crippen molar-refractivity contribution in [3.63, 3.8) is 0 Å². The molecule has 0 spiro atoms. The first-order chi connectivity index (χ1) is 10.5. The van der Waals surface area contributed by atoms with Crippen LogP contribution in [0.15, 0.2) is 22.7 Å². The van der Waals surface area contributed by atoms with E-state index >= 15 is 0 Å². The molecule has 22 heavy (non-hydrogen) atoms. The minimum atomic E-state index is -0.272. The fraction of sp³-hybridized carbons (Fsp3) is 0.375. The Hall–Kier alpha value is -2.50. The summed E-state index contributed by atoms with van der Waals surface area (Å²) < 4.78 is 15.7. The zero-order valence-corrected chi connectivity index (χ0v) is 13.4. The molecule has 0 aliphatic carbocycles. The van der Waals surface area contributed by atoms with Gasteiger partial charge < -0.3 is 19.3 Å². The van der Waals surface area contributed by atoms with E-state index in [9.17, 15) is 4.79 Å². The molecule has 0 aliphatic rings. The van der Waals surface area contributed by atoms with Gasteiger partial charge in [-0.05, 0) is 19.1 Å². The van der Waals surface area contributed by atoms with Crippen molar-refractivity contribution in [3.8, 4) is 11.5 Å². The van der Waals surface area contributed by atoms with E-state index in [-0.39, 0.29) is 11.8 Å². The lowest BCUT2D eigenvalue weighted by atomic mass is 10.0. The fourth-order valence-corrected chi connectivity index (χ4v) is 2.14. The molecule has 2 rings (SSSR count). The highest BCUT2D eigenvalue weighted by atomic mass is 16.5. The van der Waals surface area contributed by atoms with Gasteiger partial charge >= 0.3 is 0 Å². The summed E-state index contributed by atoms with van der Waals surface area (Å²) in [7, 11) is 3.11. The predicted molar refractivity (Wildman–Crippen MR) is 82.8 cm³/mol. The number of anilines is 1. The van der Waals surface area contributed by atoms with Crippen molar-refractivity contribution < 1.29 is 18.8 Å². The summed E-state index contributed by atoms with van der Waals surface area (Å²) in [5, 5.41) is 6.72. The van der Waals surface area contributed by atoms with Crippen molar-refractivity contribution in [1.82, 2.24) is 5.16 Å². The van der Waals surface area contributed by atoms with Gasteiger partial charge in [-0.15, -0.1) is 0 Å². The molecule has 118 valence electrons. The minimum absolute atomic E-state index is 0.0692. The van der Waals surface area contributed by atoms with Crippen molar-refractivity contribution in [2.75, 3.05) is 19.5 Å². The van der Waals surface area contributed by atoms with Crippen LogP contribution in [0.1, 0.15) is 41.6 Å². The zero-order chi connectivity index (χ0) is 16.3. The number of rotatable bonds is 5. The molecule has 0 saturated heterocycles. The predicted octanol–water partition coefficient (Wildman–Crippen LogP) is 3.38. The Morgan fingerprint density at radius 1 is 1.27 bits per heavy atom. The highest BCUT2D eigenvalue weighted by molar-refractivity contribution is 6.06. The number of aromatic nitrogens is 1. The van der Waals surface area contributed by atoms with Crippen LogP contribution in [0.5, 0.6) is 11.5 Å². The standard InChI is InChI=1S/C16H20N2O4/c1-9(2)15-14(10(3)18-22-15)16(19)17-12-7-6-11(20-4)8-13(12)21-5/h6-9H,1-5H3,(H,17,19). The van der Waals surface area contributed by atoms with Crippen LogP contribution in [0.2, 0.25) is 0 Å².